The van der Waals surface area contributed by atoms with Gasteiger partial charge in [0.15, 0.2) is 10.9 Å². The number of benzene rings is 1. The Balaban J connectivity index is 2.81. The van der Waals surface area contributed by atoms with Crippen molar-refractivity contribution < 1.29 is 15.1 Å². The monoisotopic (exact) mass is 296 g/mol. The lowest BCUT2D eigenvalue weighted by atomic mass is 10.2. The van der Waals surface area contributed by atoms with Gasteiger partial charge in [0, 0.05) is 24.2 Å². The second-order valence-corrected chi connectivity index (χ2v) is 3.93. The summed E-state index contributed by atoms with van der Waals surface area (Å²) >= 11 is 4.86. The van der Waals surface area contributed by atoms with Crippen molar-refractivity contribution in [2.75, 3.05) is 6.54 Å². The lowest BCUT2D eigenvalue weighted by molar-refractivity contribution is -0.385. The topological polar surface area (TPSA) is 120 Å². The number of nitro groups is 1. The molecule has 0 amide bonds. The Hall–Kier alpha value is -2.68. The number of rotatable bonds is 5. The molecule has 9 heteroatoms. The zero-order valence-corrected chi connectivity index (χ0v) is 11.1. The van der Waals surface area contributed by atoms with Gasteiger partial charge in [-0.1, -0.05) is 6.08 Å². The molecule has 1 rings (SSSR count). The molecule has 1 aromatic rings. The Kier molecular flexibility index (Phi) is 5.42. The maximum absolute atomic E-state index is 10.6. The summed E-state index contributed by atoms with van der Waals surface area (Å²) in [6, 6.07) is 1.86. The highest BCUT2D eigenvalue weighted by atomic mass is 32.1. The first-order chi connectivity index (χ1) is 9.45. The number of nitrogens with one attached hydrogen (secondary N) is 2. The van der Waals surface area contributed by atoms with Crippen LogP contribution in [0.4, 0.5) is 5.69 Å². The Bertz CT molecular complexity index is 574. The summed E-state index contributed by atoms with van der Waals surface area (Å²) in [5.41, 5.74) is 1.99. The Labute approximate surface area is 119 Å². The predicted octanol–water partition coefficient (Wildman–Crippen LogP) is 0.990. The molecule has 0 spiro atoms. The Morgan fingerprint density at radius 3 is 2.80 bits per heavy atom. The van der Waals surface area contributed by atoms with E-state index in [0.717, 1.165) is 18.3 Å². The van der Waals surface area contributed by atoms with Crippen LogP contribution in [-0.2, 0) is 0 Å². The van der Waals surface area contributed by atoms with Crippen LogP contribution >= 0.6 is 12.2 Å². The van der Waals surface area contributed by atoms with Crippen LogP contribution in [0.2, 0.25) is 0 Å². The summed E-state index contributed by atoms with van der Waals surface area (Å²) in [6.45, 7) is 3.95. The molecule has 0 bridgehead atoms. The minimum Gasteiger partial charge on any atom is -0.507 e. The number of aromatic hydroxyl groups is 2. The summed E-state index contributed by atoms with van der Waals surface area (Å²) in [7, 11) is 0. The van der Waals surface area contributed by atoms with Crippen LogP contribution in [0, 0.1) is 10.1 Å². The van der Waals surface area contributed by atoms with E-state index in [4.69, 9.17) is 12.2 Å². The van der Waals surface area contributed by atoms with Crippen LogP contribution in [0.25, 0.3) is 0 Å². The van der Waals surface area contributed by atoms with Crippen LogP contribution in [0.3, 0.4) is 0 Å². The van der Waals surface area contributed by atoms with Crippen LogP contribution in [-0.4, -0.2) is 33.0 Å². The number of phenolic OH excluding ortho intramolecular Hbond substituents is 2. The van der Waals surface area contributed by atoms with E-state index in [2.05, 4.69) is 22.4 Å². The minimum atomic E-state index is -0.768. The maximum atomic E-state index is 10.6. The third-order valence-corrected chi connectivity index (χ3v) is 2.33. The van der Waals surface area contributed by atoms with Crippen molar-refractivity contribution in [2.24, 2.45) is 5.10 Å². The second kappa shape index (κ2) is 7.04. The Morgan fingerprint density at radius 2 is 2.20 bits per heavy atom. The van der Waals surface area contributed by atoms with Gasteiger partial charge in [-0.25, -0.2) is 0 Å². The number of hydrogen-bond acceptors (Lipinski definition) is 6. The van der Waals surface area contributed by atoms with Gasteiger partial charge in [0.25, 0.3) is 0 Å². The van der Waals surface area contributed by atoms with Crippen LogP contribution in [0.1, 0.15) is 5.56 Å². The zero-order chi connectivity index (χ0) is 15.1. The van der Waals surface area contributed by atoms with Crippen molar-refractivity contribution in [2.45, 2.75) is 0 Å². The van der Waals surface area contributed by atoms with Gasteiger partial charge in [-0.2, -0.15) is 5.10 Å². The zero-order valence-electron chi connectivity index (χ0n) is 10.2. The summed E-state index contributed by atoms with van der Waals surface area (Å²) in [4.78, 5) is 9.88. The first-order valence-corrected chi connectivity index (χ1v) is 5.74. The van der Waals surface area contributed by atoms with Crippen molar-refractivity contribution in [1.82, 2.24) is 10.7 Å². The molecule has 0 unspecified atom stereocenters. The highest BCUT2D eigenvalue weighted by molar-refractivity contribution is 7.80. The molecule has 106 valence electrons. The molecule has 0 fully saturated rings. The van der Waals surface area contributed by atoms with Crippen molar-refractivity contribution in [3.63, 3.8) is 0 Å². The van der Waals surface area contributed by atoms with Crippen molar-refractivity contribution in [3.05, 3.63) is 40.5 Å². The van der Waals surface area contributed by atoms with E-state index in [0.29, 0.717) is 6.54 Å². The van der Waals surface area contributed by atoms with Crippen LogP contribution in [0.15, 0.2) is 29.9 Å². The van der Waals surface area contributed by atoms with E-state index in [1.54, 1.807) is 6.08 Å². The van der Waals surface area contributed by atoms with E-state index in [-0.39, 0.29) is 16.4 Å². The van der Waals surface area contributed by atoms with Crippen LogP contribution in [0.5, 0.6) is 11.5 Å². The molecular weight excluding hydrogens is 284 g/mol. The third-order valence-electron chi connectivity index (χ3n) is 2.10. The average Bonchev–Trinajstić information content (AvgIpc) is 2.38. The smallest absolute Gasteiger partial charge is 0.311 e. The van der Waals surface area contributed by atoms with Gasteiger partial charge in [-0.3, -0.25) is 15.5 Å². The second-order valence-electron chi connectivity index (χ2n) is 3.53. The SMILES string of the molecule is C=CCNC(=S)N/N=C/c1cc([N+](=O)[O-])c(O)cc1O. The van der Waals surface area contributed by atoms with Crippen molar-refractivity contribution in [1.29, 1.82) is 0 Å². The molecule has 0 atom stereocenters. The molecule has 0 aliphatic rings. The highest BCUT2D eigenvalue weighted by Crippen LogP contribution is 2.31. The first-order valence-electron chi connectivity index (χ1n) is 5.34. The highest BCUT2D eigenvalue weighted by Gasteiger charge is 2.16. The molecule has 0 aromatic heterocycles. The molecule has 20 heavy (non-hydrogen) atoms. The number of hydrazone groups is 1. The van der Waals surface area contributed by atoms with E-state index in [1.165, 1.54) is 0 Å². The molecular formula is C11H12N4O4S. The molecule has 8 nitrogen and oxygen atoms in total. The molecule has 0 aliphatic carbocycles. The van der Waals surface area contributed by atoms with Gasteiger partial charge in [-0.15, -0.1) is 6.58 Å². The molecule has 4 N–H and O–H groups in total. The van der Waals surface area contributed by atoms with E-state index in [9.17, 15) is 20.3 Å². The molecule has 0 saturated carbocycles. The summed E-state index contributed by atoms with van der Waals surface area (Å²) in [5, 5.41) is 36.2. The fraction of sp³-hybridized carbons (Fsp3) is 0.0909. The third kappa shape index (κ3) is 4.21. The fourth-order valence-corrected chi connectivity index (χ4v) is 1.33. The molecule has 0 aliphatic heterocycles. The largest absolute Gasteiger partial charge is 0.507 e. The molecule has 0 saturated heterocycles. The minimum absolute atomic E-state index is 0.0634. The fourth-order valence-electron chi connectivity index (χ4n) is 1.20. The van der Waals surface area contributed by atoms with Gasteiger partial charge in [0.05, 0.1) is 11.1 Å². The normalized spacial score (nSPS) is 10.2. The maximum Gasteiger partial charge on any atom is 0.311 e. The standard InChI is InChI=1S/C11H12N4O4S/c1-2-3-12-11(20)14-13-6-7-4-8(15(18)19)10(17)5-9(7)16/h2,4-6,16-17H,1,3H2,(H2,12,14,20)/b13-6+. The van der Waals surface area contributed by atoms with Crippen molar-refractivity contribution >= 4 is 29.2 Å². The average molecular weight is 296 g/mol. The number of phenols is 2. The van der Waals surface area contributed by atoms with Crippen LogP contribution < -0.4 is 10.7 Å². The van der Waals surface area contributed by atoms with Gasteiger partial charge in [0.2, 0.25) is 0 Å². The quantitative estimate of drug-likeness (QED) is 0.210. The first kappa shape index (κ1) is 15.4. The summed E-state index contributed by atoms with van der Waals surface area (Å²) in [6.07, 6.45) is 2.75. The molecule has 1 aromatic carbocycles. The summed E-state index contributed by atoms with van der Waals surface area (Å²) in [5.74, 6) is -0.968. The van der Waals surface area contributed by atoms with Crippen molar-refractivity contribution in [3.8, 4) is 11.5 Å². The summed E-state index contributed by atoms with van der Waals surface area (Å²) < 4.78 is 0. The lowest BCUT2D eigenvalue weighted by Crippen LogP contribution is -2.31. The number of nitrogens with zero attached hydrogens (tertiary/aromatic N) is 2. The lowest BCUT2D eigenvalue weighted by Gasteiger charge is -2.04. The van der Waals surface area contributed by atoms with Gasteiger partial charge >= 0.3 is 5.69 Å². The van der Waals surface area contributed by atoms with E-state index in [1.807, 2.05) is 0 Å². The van der Waals surface area contributed by atoms with E-state index < -0.39 is 16.4 Å². The van der Waals surface area contributed by atoms with Gasteiger partial charge < -0.3 is 15.5 Å². The number of nitro benzene ring substituents is 1. The Morgan fingerprint density at radius 1 is 1.50 bits per heavy atom. The van der Waals surface area contributed by atoms with Gasteiger partial charge in [-0.05, 0) is 12.2 Å². The number of hydrogen-bond donors (Lipinski definition) is 4. The van der Waals surface area contributed by atoms with Gasteiger partial charge in [0.1, 0.15) is 5.75 Å². The van der Waals surface area contributed by atoms with E-state index >= 15 is 0 Å². The molecule has 0 radical (unpaired) electrons. The predicted molar refractivity (Wildman–Crippen MR) is 78.0 cm³/mol. The molecule has 0 heterocycles. The number of thiocarbonyl (C=S) groups is 1.